The minimum atomic E-state index is -0.233. The lowest BCUT2D eigenvalue weighted by atomic mass is 10.0. The number of nitrogens with one attached hydrogen (secondary N) is 2. The Balaban J connectivity index is 1.87. The number of methoxy groups -OCH3 is 2. The van der Waals surface area contributed by atoms with Gasteiger partial charge in [0.2, 0.25) is 0 Å². The fourth-order valence-electron chi connectivity index (χ4n) is 3.19. The van der Waals surface area contributed by atoms with Gasteiger partial charge in [-0.25, -0.2) is 4.79 Å². The van der Waals surface area contributed by atoms with Crippen molar-refractivity contribution in [2.75, 3.05) is 14.2 Å². The van der Waals surface area contributed by atoms with Crippen LogP contribution in [0.2, 0.25) is 0 Å². The largest absolute Gasteiger partial charge is 0.493 e. The molecule has 0 spiro atoms. The quantitative estimate of drug-likeness (QED) is 0.724. The van der Waals surface area contributed by atoms with Crippen molar-refractivity contribution >= 4 is 16.9 Å². The first kappa shape index (κ1) is 18.6. The monoisotopic (exact) mass is 369 g/mol. The Bertz CT molecular complexity index is 1070. The van der Waals surface area contributed by atoms with Crippen LogP contribution >= 0.6 is 0 Å². The van der Waals surface area contributed by atoms with Crippen LogP contribution in [0.4, 0.5) is 0 Å². The zero-order chi connectivity index (χ0) is 19.7. The number of ether oxygens (including phenoxy) is 2. The normalized spacial score (nSPS) is 12.0. The Labute approximate surface area is 156 Å². The first-order valence-corrected chi connectivity index (χ1v) is 8.57. The number of rotatable bonds is 5. The molecule has 27 heavy (non-hydrogen) atoms. The molecule has 0 aliphatic carbocycles. The summed E-state index contributed by atoms with van der Waals surface area (Å²) in [7, 11) is 4.84. The predicted octanol–water partition coefficient (Wildman–Crippen LogP) is 2.68. The van der Waals surface area contributed by atoms with E-state index < -0.39 is 0 Å². The van der Waals surface area contributed by atoms with E-state index in [1.807, 2.05) is 26.0 Å². The van der Waals surface area contributed by atoms with Crippen molar-refractivity contribution < 1.29 is 14.3 Å². The highest BCUT2D eigenvalue weighted by Crippen LogP contribution is 2.33. The molecule has 1 aromatic heterocycles. The lowest BCUT2D eigenvalue weighted by Crippen LogP contribution is -2.27. The molecule has 7 nitrogen and oxygen atoms in total. The van der Waals surface area contributed by atoms with Gasteiger partial charge in [-0.3, -0.25) is 9.36 Å². The van der Waals surface area contributed by atoms with E-state index in [9.17, 15) is 9.59 Å². The number of nitrogens with zero attached hydrogens (tertiary/aromatic N) is 1. The number of imidazole rings is 1. The van der Waals surface area contributed by atoms with E-state index in [4.69, 9.17) is 9.47 Å². The minimum absolute atomic E-state index is 0.211. The highest BCUT2D eigenvalue weighted by Gasteiger charge is 2.17. The second-order valence-corrected chi connectivity index (χ2v) is 6.48. The molecule has 0 bridgehead atoms. The molecular formula is C20H23N3O4. The number of hydrogen-bond acceptors (Lipinski definition) is 4. The van der Waals surface area contributed by atoms with Crippen LogP contribution in [0, 0.1) is 6.92 Å². The smallest absolute Gasteiger partial charge is 0.326 e. The standard InChI is InChI=1S/C20H23N3O4/c1-11-8-17(26-4)18(27-5)10-14(11)12(2)21-19(24)13-6-7-15-16(9-13)23(3)20(25)22-15/h6-10,12H,1-5H3,(H,21,24)(H,22,25). The molecule has 0 saturated heterocycles. The summed E-state index contributed by atoms with van der Waals surface area (Å²) >= 11 is 0. The van der Waals surface area contributed by atoms with E-state index in [0.29, 0.717) is 28.1 Å². The summed E-state index contributed by atoms with van der Waals surface area (Å²) in [6, 6.07) is 8.66. The molecule has 1 atom stereocenters. The molecule has 3 rings (SSSR count). The number of H-pyrrole nitrogens is 1. The number of aromatic amines is 1. The molecule has 1 unspecified atom stereocenters. The van der Waals surface area contributed by atoms with Crippen molar-refractivity contribution in [3.63, 3.8) is 0 Å². The maximum Gasteiger partial charge on any atom is 0.326 e. The minimum Gasteiger partial charge on any atom is -0.493 e. The number of carbonyl (C=O) groups excluding carboxylic acids is 1. The molecule has 7 heteroatoms. The van der Waals surface area contributed by atoms with Gasteiger partial charge in [0, 0.05) is 12.6 Å². The number of aromatic nitrogens is 2. The van der Waals surface area contributed by atoms with Crippen LogP contribution in [0.15, 0.2) is 35.1 Å². The average molecular weight is 369 g/mol. The van der Waals surface area contributed by atoms with Gasteiger partial charge in [-0.2, -0.15) is 0 Å². The van der Waals surface area contributed by atoms with Gasteiger partial charge in [-0.15, -0.1) is 0 Å². The van der Waals surface area contributed by atoms with Crippen LogP contribution in [0.5, 0.6) is 11.5 Å². The molecule has 0 radical (unpaired) electrons. The summed E-state index contributed by atoms with van der Waals surface area (Å²) in [6.45, 7) is 3.87. The molecule has 0 fully saturated rings. The molecule has 0 aliphatic rings. The van der Waals surface area contributed by atoms with Gasteiger partial charge in [0.1, 0.15) is 0 Å². The molecule has 0 aliphatic heterocycles. The van der Waals surface area contributed by atoms with E-state index in [-0.39, 0.29) is 17.6 Å². The zero-order valence-electron chi connectivity index (χ0n) is 16.0. The Morgan fingerprint density at radius 1 is 1.15 bits per heavy atom. The summed E-state index contributed by atoms with van der Waals surface area (Å²) in [6.07, 6.45) is 0. The van der Waals surface area contributed by atoms with E-state index in [0.717, 1.165) is 11.1 Å². The molecule has 3 aromatic rings. The Morgan fingerprint density at radius 2 is 1.81 bits per heavy atom. The van der Waals surface area contributed by atoms with Gasteiger partial charge in [0.15, 0.2) is 11.5 Å². The van der Waals surface area contributed by atoms with Crippen molar-refractivity contribution in [1.29, 1.82) is 0 Å². The molecular weight excluding hydrogens is 346 g/mol. The first-order chi connectivity index (χ1) is 12.8. The Hall–Kier alpha value is -3.22. The predicted molar refractivity (Wildman–Crippen MR) is 104 cm³/mol. The maximum absolute atomic E-state index is 12.7. The first-order valence-electron chi connectivity index (χ1n) is 8.57. The molecule has 0 saturated carbocycles. The Kier molecular flexibility index (Phi) is 4.94. The third-order valence-electron chi connectivity index (χ3n) is 4.75. The summed E-state index contributed by atoms with van der Waals surface area (Å²) in [4.78, 5) is 27.2. The van der Waals surface area contributed by atoms with E-state index in [1.165, 1.54) is 4.57 Å². The molecule has 142 valence electrons. The van der Waals surface area contributed by atoms with Gasteiger partial charge in [-0.05, 0) is 55.3 Å². The second-order valence-electron chi connectivity index (χ2n) is 6.48. The molecule has 2 aromatic carbocycles. The molecule has 1 amide bonds. The number of benzene rings is 2. The van der Waals surface area contributed by atoms with Crippen LogP contribution in [0.3, 0.4) is 0 Å². The van der Waals surface area contributed by atoms with Gasteiger partial charge in [0.05, 0.1) is 31.3 Å². The summed E-state index contributed by atoms with van der Waals surface area (Å²) in [5.41, 5.74) is 3.59. The van der Waals surface area contributed by atoms with Crippen molar-refractivity contribution in [2.45, 2.75) is 19.9 Å². The molecule has 2 N–H and O–H groups in total. The van der Waals surface area contributed by atoms with Crippen LogP contribution in [-0.4, -0.2) is 29.7 Å². The van der Waals surface area contributed by atoms with Crippen LogP contribution in [-0.2, 0) is 7.05 Å². The molecule has 1 heterocycles. The van der Waals surface area contributed by atoms with Gasteiger partial charge < -0.3 is 19.8 Å². The van der Waals surface area contributed by atoms with E-state index >= 15 is 0 Å². The van der Waals surface area contributed by atoms with Crippen LogP contribution in [0.1, 0.15) is 34.5 Å². The highest BCUT2D eigenvalue weighted by molar-refractivity contribution is 5.97. The maximum atomic E-state index is 12.7. The highest BCUT2D eigenvalue weighted by atomic mass is 16.5. The van der Waals surface area contributed by atoms with Crippen molar-refractivity contribution in [1.82, 2.24) is 14.9 Å². The SMILES string of the molecule is COc1cc(C)c(C(C)NC(=O)c2ccc3[nH]c(=O)n(C)c3c2)cc1OC. The Morgan fingerprint density at radius 3 is 2.48 bits per heavy atom. The van der Waals surface area contributed by atoms with Crippen molar-refractivity contribution in [3.8, 4) is 11.5 Å². The third kappa shape index (κ3) is 3.40. The van der Waals surface area contributed by atoms with Crippen molar-refractivity contribution in [2.24, 2.45) is 7.05 Å². The van der Waals surface area contributed by atoms with E-state index in [2.05, 4.69) is 10.3 Å². The van der Waals surface area contributed by atoms with Gasteiger partial charge in [-0.1, -0.05) is 0 Å². The summed E-state index contributed by atoms with van der Waals surface area (Å²) in [5.74, 6) is 1.05. The third-order valence-corrected chi connectivity index (χ3v) is 4.75. The zero-order valence-corrected chi connectivity index (χ0v) is 16.0. The number of aryl methyl sites for hydroxylation is 2. The number of amides is 1. The lowest BCUT2D eigenvalue weighted by molar-refractivity contribution is 0.0940. The van der Waals surface area contributed by atoms with E-state index in [1.54, 1.807) is 39.5 Å². The van der Waals surface area contributed by atoms with Gasteiger partial charge in [0.25, 0.3) is 5.91 Å². The van der Waals surface area contributed by atoms with Crippen LogP contribution in [0.25, 0.3) is 11.0 Å². The number of carbonyl (C=O) groups is 1. The number of hydrogen-bond donors (Lipinski definition) is 2. The lowest BCUT2D eigenvalue weighted by Gasteiger charge is -2.19. The van der Waals surface area contributed by atoms with Gasteiger partial charge >= 0.3 is 5.69 Å². The fraction of sp³-hybridized carbons (Fsp3) is 0.300. The fourth-order valence-corrected chi connectivity index (χ4v) is 3.19. The second kappa shape index (κ2) is 7.19. The average Bonchev–Trinajstić information content (AvgIpc) is 2.94. The number of fused-ring (bicyclic) bond motifs is 1. The topological polar surface area (TPSA) is 85.4 Å². The van der Waals surface area contributed by atoms with Crippen LogP contribution < -0.4 is 20.5 Å². The summed E-state index contributed by atoms with van der Waals surface area (Å²) < 4.78 is 12.2. The van der Waals surface area contributed by atoms with Crippen molar-refractivity contribution in [3.05, 3.63) is 57.5 Å². The summed E-state index contributed by atoms with van der Waals surface area (Å²) in [5, 5.41) is 3.00.